The zero-order valence-electron chi connectivity index (χ0n) is 12.4. The summed E-state index contributed by atoms with van der Waals surface area (Å²) >= 11 is 1.35. The first-order valence-corrected chi connectivity index (χ1v) is 9.22. The lowest BCUT2D eigenvalue weighted by atomic mass is 10.4. The number of morpholine rings is 1. The van der Waals surface area contributed by atoms with E-state index in [9.17, 15) is 13.2 Å². The maximum Gasteiger partial charge on any atom is 0.273 e. The van der Waals surface area contributed by atoms with E-state index in [-0.39, 0.29) is 10.6 Å². The van der Waals surface area contributed by atoms with Gasteiger partial charge in [-0.25, -0.2) is 13.4 Å². The Labute approximate surface area is 137 Å². The number of nitrogens with zero attached hydrogens (tertiary/aromatic N) is 2. The van der Waals surface area contributed by atoms with E-state index in [2.05, 4.69) is 15.3 Å². The van der Waals surface area contributed by atoms with Gasteiger partial charge in [0.05, 0.1) is 13.2 Å². The van der Waals surface area contributed by atoms with Crippen molar-refractivity contribution in [3.05, 3.63) is 29.0 Å². The number of aromatic nitrogens is 2. The summed E-state index contributed by atoms with van der Waals surface area (Å²) in [4.78, 5) is 19.9. The Morgan fingerprint density at radius 3 is 2.83 bits per heavy atom. The van der Waals surface area contributed by atoms with Gasteiger partial charge in [-0.3, -0.25) is 10.1 Å². The molecule has 3 heterocycles. The van der Waals surface area contributed by atoms with Crippen LogP contribution in [-0.4, -0.2) is 54.9 Å². The number of H-pyrrole nitrogens is 1. The van der Waals surface area contributed by atoms with Gasteiger partial charge in [-0.05, 0) is 13.0 Å². The minimum Gasteiger partial charge on any atom is -0.379 e. The van der Waals surface area contributed by atoms with Crippen LogP contribution in [0.25, 0.3) is 0 Å². The second-order valence-corrected chi connectivity index (χ2v) is 8.17. The van der Waals surface area contributed by atoms with Gasteiger partial charge in [0.25, 0.3) is 5.91 Å². The number of ether oxygens (including phenoxy) is 1. The number of carbonyl (C=O) groups excluding carboxylic acids is 1. The van der Waals surface area contributed by atoms with Crippen molar-refractivity contribution >= 4 is 32.4 Å². The Balaban J connectivity index is 1.75. The average Bonchev–Trinajstić information content (AvgIpc) is 3.18. The molecule has 0 aliphatic carbocycles. The highest BCUT2D eigenvalue weighted by Crippen LogP contribution is 2.20. The molecule has 1 aliphatic rings. The van der Waals surface area contributed by atoms with Crippen LogP contribution in [0.1, 0.15) is 15.4 Å². The summed E-state index contributed by atoms with van der Waals surface area (Å²) in [5, 5.41) is 3.10. The highest BCUT2D eigenvalue weighted by molar-refractivity contribution is 7.89. The third-order valence-electron chi connectivity index (χ3n) is 3.35. The van der Waals surface area contributed by atoms with E-state index in [0.717, 1.165) is 4.88 Å². The van der Waals surface area contributed by atoms with Crippen LogP contribution in [0.2, 0.25) is 0 Å². The summed E-state index contributed by atoms with van der Waals surface area (Å²) in [6.07, 6.45) is 2.98. The molecule has 0 radical (unpaired) electrons. The first kappa shape index (κ1) is 16.1. The second-order valence-electron chi connectivity index (χ2n) is 5.00. The summed E-state index contributed by atoms with van der Waals surface area (Å²) in [6.45, 7) is 3.26. The zero-order chi connectivity index (χ0) is 16.4. The van der Waals surface area contributed by atoms with Gasteiger partial charge in [0, 0.05) is 30.4 Å². The van der Waals surface area contributed by atoms with Gasteiger partial charge >= 0.3 is 0 Å². The van der Waals surface area contributed by atoms with E-state index in [1.165, 1.54) is 27.9 Å². The lowest BCUT2D eigenvalue weighted by Crippen LogP contribution is -2.40. The molecule has 3 rings (SSSR count). The number of amides is 1. The Bertz CT molecular complexity index is 806. The monoisotopic (exact) mass is 356 g/mol. The molecule has 0 unspecified atom stereocenters. The van der Waals surface area contributed by atoms with Crippen LogP contribution >= 0.6 is 11.3 Å². The third kappa shape index (κ3) is 3.44. The van der Waals surface area contributed by atoms with Gasteiger partial charge in [0.1, 0.15) is 10.6 Å². The van der Waals surface area contributed by atoms with Crippen LogP contribution < -0.4 is 5.32 Å². The van der Waals surface area contributed by atoms with Crippen LogP contribution in [0.15, 0.2) is 23.4 Å². The molecule has 23 heavy (non-hydrogen) atoms. The van der Waals surface area contributed by atoms with Gasteiger partial charge in [0.2, 0.25) is 10.0 Å². The van der Waals surface area contributed by atoms with Gasteiger partial charge in [-0.15, -0.1) is 11.3 Å². The van der Waals surface area contributed by atoms with Crippen molar-refractivity contribution in [3.63, 3.8) is 0 Å². The number of carbonyl (C=O) groups is 1. The fourth-order valence-electron chi connectivity index (χ4n) is 2.17. The fraction of sp³-hybridized carbons (Fsp3) is 0.385. The highest BCUT2D eigenvalue weighted by atomic mass is 32.2. The SMILES string of the molecule is Cc1cnc(NC(=O)c2cc(S(=O)(=O)N3CCOCC3)c[nH]2)s1. The molecule has 124 valence electrons. The number of nitrogens with one attached hydrogen (secondary N) is 2. The molecule has 0 saturated carbocycles. The molecule has 1 fully saturated rings. The molecule has 0 spiro atoms. The molecule has 1 saturated heterocycles. The van der Waals surface area contributed by atoms with E-state index < -0.39 is 15.9 Å². The topological polar surface area (TPSA) is 104 Å². The zero-order valence-corrected chi connectivity index (χ0v) is 14.0. The smallest absolute Gasteiger partial charge is 0.273 e. The number of rotatable bonds is 4. The summed E-state index contributed by atoms with van der Waals surface area (Å²) < 4.78 is 31.5. The Kier molecular flexibility index (Phi) is 4.48. The third-order valence-corrected chi connectivity index (χ3v) is 6.06. The van der Waals surface area contributed by atoms with E-state index in [0.29, 0.717) is 31.4 Å². The van der Waals surface area contributed by atoms with Crippen LogP contribution in [0.5, 0.6) is 0 Å². The lowest BCUT2D eigenvalue weighted by molar-refractivity contribution is 0.0730. The number of thiazole rings is 1. The predicted molar refractivity (Wildman–Crippen MR) is 85.2 cm³/mol. The minimum absolute atomic E-state index is 0.0693. The van der Waals surface area contributed by atoms with E-state index in [1.807, 2.05) is 6.92 Å². The number of aryl methyl sites for hydroxylation is 1. The number of anilines is 1. The number of hydrogen-bond acceptors (Lipinski definition) is 6. The van der Waals surface area contributed by atoms with Crippen molar-refractivity contribution in [2.75, 3.05) is 31.6 Å². The molecular formula is C13H16N4O4S2. The van der Waals surface area contributed by atoms with Crippen molar-refractivity contribution in [2.45, 2.75) is 11.8 Å². The standard InChI is InChI=1S/C13H16N4O4S2/c1-9-7-15-13(22-9)16-12(18)11-6-10(8-14-11)23(19,20)17-2-4-21-5-3-17/h6-8,14H,2-5H2,1H3,(H,15,16,18). The number of aromatic amines is 1. The molecule has 1 amide bonds. The largest absolute Gasteiger partial charge is 0.379 e. The molecule has 1 aliphatic heterocycles. The van der Waals surface area contributed by atoms with Crippen molar-refractivity contribution in [1.29, 1.82) is 0 Å². The Morgan fingerprint density at radius 2 is 2.17 bits per heavy atom. The molecule has 8 nitrogen and oxygen atoms in total. The predicted octanol–water partition coefficient (Wildman–Crippen LogP) is 1.05. The van der Waals surface area contributed by atoms with E-state index in [1.54, 1.807) is 6.20 Å². The van der Waals surface area contributed by atoms with Crippen molar-refractivity contribution in [1.82, 2.24) is 14.3 Å². The first-order chi connectivity index (χ1) is 11.0. The van der Waals surface area contributed by atoms with Gasteiger partial charge in [0.15, 0.2) is 5.13 Å². The summed E-state index contributed by atoms with van der Waals surface area (Å²) in [6, 6.07) is 1.33. The van der Waals surface area contributed by atoms with E-state index in [4.69, 9.17) is 4.74 Å². The van der Waals surface area contributed by atoms with Crippen molar-refractivity contribution < 1.29 is 17.9 Å². The minimum atomic E-state index is -3.61. The summed E-state index contributed by atoms with van der Waals surface area (Å²) in [7, 11) is -3.61. The Hall–Kier alpha value is -1.75. The van der Waals surface area contributed by atoms with Crippen molar-refractivity contribution in [3.8, 4) is 0 Å². The molecule has 0 atom stereocenters. The molecule has 2 N–H and O–H groups in total. The molecule has 2 aromatic heterocycles. The average molecular weight is 356 g/mol. The number of hydrogen-bond donors (Lipinski definition) is 2. The lowest BCUT2D eigenvalue weighted by Gasteiger charge is -2.25. The van der Waals surface area contributed by atoms with E-state index >= 15 is 0 Å². The Morgan fingerprint density at radius 1 is 1.43 bits per heavy atom. The molecular weight excluding hydrogens is 340 g/mol. The molecule has 10 heteroatoms. The van der Waals surface area contributed by atoms with Crippen LogP contribution in [0.3, 0.4) is 0 Å². The van der Waals surface area contributed by atoms with Crippen LogP contribution in [0.4, 0.5) is 5.13 Å². The maximum atomic E-state index is 12.5. The molecule has 0 bridgehead atoms. The second kappa shape index (κ2) is 6.40. The quantitative estimate of drug-likeness (QED) is 0.852. The highest BCUT2D eigenvalue weighted by Gasteiger charge is 2.28. The first-order valence-electron chi connectivity index (χ1n) is 6.97. The van der Waals surface area contributed by atoms with Gasteiger partial charge < -0.3 is 9.72 Å². The molecule has 2 aromatic rings. The van der Waals surface area contributed by atoms with Crippen molar-refractivity contribution in [2.24, 2.45) is 0 Å². The fourth-order valence-corrected chi connectivity index (χ4v) is 4.23. The normalized spacial score (nSPS) is 16.4. The van der Waals surface area contributed by atoms with Gasteiger partial charge in [-0.2, -0.15) is 4.31 Å². The number of sulfonamides is 1. The summed E-state index contributed by atoms with van der Waals surface area (Å²) in [5.74, 6) is -0.428. The summed E-state index contributed by atoms with van der Waals surface area (Å²) in [5.41, 5.74) is 0.171. The van der Waals surface area contributed by atoms with Crippen LogP contribution in [-0.2, 0) is 14.8 Å². The molecule has 0 aromatic carbocycles. The maximum absolute atomic E-state index is 12.5. The van der Waals surface area contributed by atoms with Gasteiger partial charge in [-0.1, -0.05) is 0 Å². The van der Waals surface area contributed by atoms with Crippen LogP contribution in [0, 0.1) is 6.92 Å².